The van der Waals surface area contributed by atoms with Gasteiger partial charge in [-0.25, -0.2) is 0 Å². The van der Waals surface area contributed by atoms with Crippen molar-refractivity contribution < 1.29 is 18.0 Å². The molecule has 0 aliphatic heterocycles. The lowest BCUT2D eigenvalue weighted by Crippen LogP contribution is -2.18. The summed E-state index contributed by atoms with van der Waals surface area (Å²) in [6.45, 7) is 1.97. The summed E-state index contributed by atoms with van der Waals surface area (Å²) in [7, 11) is 0. The molecule has 5 nitrogen and oxygen atoms in total. The molecule has 34 heavy (non-hydrogen) atoms. The summed E-state index contributed by atoms with van der Waals surface area (Å²) in [5.41, 5.74) is 1.48. The highest BCUT2D eigenvalue weighted by Gasteiger charge is 2.34. The van der Waals surface area contributed by atoms with E-state index in [-0.39, 0.29) is 15.9 Å². The van der Waals surface area contributed by atoms with Gasteiger partial charge in [0, 0.05) is 15.7 Å². The van der Waals surface area contributed by atoms with Crippen molar-refractivity contribution in [1.82, 2.24) is 14.8 Å². The molecule has 4 aromatic rings. The second-order valence-electron chi connectivity index (χ2n) is 7.37. The highest BCUT2D eigenvalue weighted by molar-refractivity contribution is 9.10. The van der Waals surface area contributed by atoms with Gasteiger partial charge in [0.2, 0.25) is 5.91 Å². The van der Waals surface area contributed by atoms with Crippen molar-refractivity contribution in [2.24, 2.45) is 0 Å². The first-order chi connectivity index (χ1) is 16.2. The molecule has 1 aromatic heterocycles. The van der Waals surface area contributed by atoms with Gasteiger partial charge in [0.15, 0.2) is 11.0 Å². The van der Waals surface area contributed by atoms with E-state index in [0.717, 1.165) is 34.6 Å². The topological polar surface area (TPSA) is 59.8 Å². The minimum absolute atomic E-state index is 0.147. The lowest BCUT2D eigenvalue weighted by molar-refractivity contribution is -0.137. The molecule has 0 saturated heterocycles. The highest BCUT2D eigenvalue weighted by Crippen LogP contribution is 2.37. The summed E-state index contributed by atoms with van der Waals surface area (Å²) in [6, 6.07) is 20.8. The van der Waals surface area contributed by atoms with Crippen LogP contribution in [0.5, 0.6) is 0 Å². The zero-order valence-electron chi connectivity index (χ0n) is 17.8. The van der Waals surface area contributed by atoms with Gasteiger partial charge in [0.25, 0.3) is 0 Å². The van der Waals surface area contributed by atoms with Crippen LogP contribution < -0.4 is 5.32 Å². The number of amides is 1. The number of hydrogen-bond donors (Lipinski definition) is 1. The van der Waals surface area contributed by atoms with Gasteiger partial charge in [0.05, 0.1) is 17.0 Å². The van der Waals surface area contributed by atoms with Crippen molar-refractivity contribution in [3.8, 4) is 17.1 Å². The van der Waals surface area contributed by atoms with Gasteiger partial charge in [-0.2, -0.15) is 13.2 Å². The van der Waals surface area contributed by atoms with Crippen LogP contribution in [-0.2, 0) is 11.0 Å². The van der Waals surface area contributed by atoms with E-state index in [2.05, 4.69) is 31.4 Å². The molecule has 1 heterocycles. The van der Waals surface area contributed by atoms with Crippen LogP contribution in [0, 0.1) is 6.92 Å². The Hall–Kier alpha value is -3.11. The van der Waals surface area contributed by atoms with E-state index < -0.39 is 17.6 Å². The van der Waals surface area contributed by atoms with Gasteiger partial charge in [0.1, 0.15) is 0 Å². The van der Waals surface area contributed by atoms with Crippen molar-refractivity contribution >= 4 is 39.3 Å². The number of halogens is 4. The molecule has 1 N–H and O–H groups in total. The monoisotopic (exact) mass is 546 g/mol. The number of hydrogen-bond acceptors (Lipinski definition) is 4. The van der Waals surface area contributed by atoms with E-state index >= 15 is 0 Å². The molecule has 0 aliphatic rings. The average molecular weight is 547 g/mol. The molecule has 0 spiro atoms. The Balaban J connectivity index is 1.60. The van der Waals surface area contributed by atoms with Crippen molar-refractivity contribution in [1.29, 1.82) is 0 Å². The summed E-state index contributed by atoms with van der Waals surface area (Å²) in [5.74, 6) is -0.134. The Morgan fingerprint density at radius 1 is 1.03 bits per heavy atom. The number of nitrogens with zero attached hydrogens (tertiary/aromatic N) is 3. The third-order valence-corrected chi connectivity index (χ3v) is 6.24. The molecule has 0 radical (unpaired) electrons. The maximum Gasteiger partial charge on any atom is 0.418 e. The maximum absolute atomic E-state index is 13.4. The van der Waals surface area contributed by atoms with Crippen LogP contribution >= 0.6 is 27.7 Å². The van der Waals surface area contributed by atoms with Gasteiger partial charge < -0.3 is 5.32 Å². The number of benzene rings is 3. The molecule has 0 aliphatic carbocycles. The first-order valence-electron chi connectivity index (χ1n) is 10.1. The summed E-state index contributed by atoms with van der Waals surface area (Å²) in [6.07, 6.45) is -4.60. The number of rotatable bonds is 6. The molecule has 1 amide bonds. The fourth-order valence-electron chi connectivity index (χ4n) is 3.31. The zero-order chi connectivity index (χ0) is 24.3. The van der Waals surface area contributed by atoms with Crippen LogP contribution in [0.3, 0.4) is 0 Å². The Bertz CT molecular complexity index is 1330. The van der Waals surface area contributed by atoms with Gasteiger partial charge in [-0.05, 0) is 42.8 Å². The number of aromatic nitrogens is 3. The van der Waals surface area contributed by atoms with Gasteiger partial charge >= 0.3 is 6.18 Å². The van der Waals surface area contributed by atoms with Crippen molar-refractivity contribution in [3.05, 3.63) is 88.4 Å². The summed E-state index contributed by atoms with van der Waals surface area (Å²) < 4.78 is 42.2. The van der Waals surface area contributed by atoms with Gasteiger partial charge in [-0.15, -0.1) is 10.2 Å². The fraction of sp³-hybridized carbons (Fsp3) is 0.125. The summed E-state index contributed by atoms with van der Waals surface area (Å²) in [5, 5.41) is 11.4. The summed E-state index contributed by atoms with van der Waals surface area (Å²) in [4.78, 5) is 12.6. The van der Waals surface area contributed by atoms with Crippen LogP contribution in [0.2, 0.25) is 0 Å². The van der Waals surface area contributed by atoms with Crippen LogP contribution in [0.4, 0.5) is 18.9 Å². The SMILES string of the molecule is Cc1cccc(-n2c(SCC(=O)Nc3ccc(Br)cc3C(F)(F)F)nnc2-c2ccccc2)c1. The lowest BCUT2D eigenvalue weighted by atomic mass is 10.1. The van der Waals surface area contributed by atoms with E-state index in [1.165, 1.54) is 12.1 Å². The normalized spacial score (nSPS) is 11.4. The summed E-state index contributed by atoms with van der Waals surface area (Å²) >= 11 is 4.13. The molecule has 0 unspecified atom stereocenters. The predicted octanol–water partition coefficient (Wildman–Crippen LogP) is 6.75. The third kappa shape index (κ3) is 5.51. The average Bonchev–Trinajstić information content (AvgIpc) is 3.23. The number of carbonyl (C=O) groups is 1. The number of alkyl halides is 3. The Labute approximate surface area is 206 Å². The second kappa shape index (κ2) is 10.0. The molecule has 10 heteroatoms. The molecule has 0 saturated carbocycles. The first-order valence-corrected chi connectivity index (χ1v) is 11.9. The lowest BCUT2D eigenvalue weighted by Gasteiger charge is -2.14. The Morgan fingerprint density at radius 3 is 2.50 bits per heavy atom. The van der Waals surface area contributed by atoms with E-state index in [0.29, 0.717) is 11.0 Å². The highest BCUT2D eigenvalue weighted by atomic mass is 79.9. The number of anilines is 1. The van der Waals surface area contributed by atoms with Crippen LogP contribution in [0.15, 0.2) is 82.4 Å². The Kier molecular flexibility index (Phi) is 7.08. The van der Waals surface area contributed by atoms with E-state index in [1.807, 2.05) is 66.1 Å². The molecule has 0 bridgehead atoms. The van der Waals surface area contributed by atoms with E-state index in [1.54, 1.807) is 0 Å². The van der Waals surface area contributed by atoms with Crippen LogP contribution in [-0.4, -0.2) is 26.4 Å². The van der Waals surface area contributed by atoms with Gasteiger partial charge in [-0.3, -0.25) is 9.36 Å². The molecule has 174 valence electrons. The molecule has 3 aromatic carbocycles. The molecule has 4 rings (SSSR count). The molecule has 0 fully saturated rings. The van der Waals surface area contributed by atoms with Crippen LogP contribution in [0.25, 0.3) is 17.1 Å². The van der Waals surface area contributed by atoms with E-state index in [9.17, 15) is 18.0 Å². The number of aryl methyl sites for hydroxylation is 1. The molecule has 0 atom stereocenters. The standard InChI is InChI=1S/C24H18BrF3N4OS/c1-15-6-5-9-18(12-15)32-22(16-7-3-2-4-8-16)30-31-23(32)34-14-21(33)29-20-11-10-17(25)13-19(20)24(26,27)28/h2-13H,14H2,1H3,(H,29,33). The van der Waals surface area contributed by atoms with E-state index in [4.69, 9.17) is 0 Å². The maximum atomic E-state index is 13.4. The number of carbonyl (C=O) groups excluding carboxylic acids is 1. The number of nitrogens with one attached hydrogen (secondary N) is 1. The zero-order valence-corrected chi connectivity index (χ0v) is 20.2. The first kappa shape index (κ1) is 24.0. The third-order valence-electron chi connectivity index (χ3n) is 4.82. The molecular formula is C24H18BrF3N4OS. The number of thioether (sulfide) groups is 1. The van der Waals surface area contributed by atoms with Crippen molar-refractivity contribution in [3.63, 3.8) is 0 Å². The van der Waals surface area contributed by atoms with Crippen molar-refractivity contribution in [2.45, 2.75) is 18.3 Å². The Morgan fingerprint density at radius 2 is 1.79 bits per heavy atom. The van der Waals surface area contributed by atoms with Crippen LogP contribution in [0.1, 0.15) is 11.1 Å². The minimum atomic E-state index is -4.60. The van der Waals surface area contributed by atoms with Crippen molar-refractivity contribution in [2.75, 3.05) is 11.1 Å². The second-order valence-corrected chi connectivity index (χ2v) is 9.23. The smallest absolute Gasteiger partial charge is 0.325 e. The molecular weight excluding hydrogens is 529 g/mol. The fourth-order valence-corrected chi connectivity index (χ4v) is 4.43. The minimum Gasteiger partial charge on any atom is -0.325 e. The quantitative estimate of drug-likeness (QED) is 0.271. The van der Waals surface area contributed by atoms with Gasteiger partial charge in [-0.1, -0.05) is 70.2 Å². The largest absolute Gasteiger partial charge is 0.418 e. The predicted molar refractivity (Wildman–Crippen MR) is 130 cm³/mol.